The predicted molar refractivity (Wildman–Crippen MR) is 66.6 cm³/mol. The molecule has 1 rings (SSSR count). The monoisotopic (exact) mass is 229 g/mol. The van der Waals surface area contributed by atoms with Crippen LogP contribution in [0.3, 0.4) is 0 Å². The number of likely N-dealkylation sites (tertiary alicyclic amines) is 1. The molecular weight excluding hydrogens is 202 g/mol. The molecule has 1 aliphatic rings. The summed E-state index contributed by atoms with van der Waals surface area (Å²) in [5, 5.41) is 9.17. The van der Waals surface area contributed by atoms with Crippen molar-refractivity contribution in [1.29, 1.82) is 0 Å². The second-order valence-electron chi connectivity index (χ2n) is 4.86. The Morgan fingerprint density at radius 2 is 2.25 bits per heavy atom. The maximum atomic E-state index is 9.17. The molecule has 0 radical (unpaired) electrons. The zero-order valence-electron chi connectivity index (χ0n) is 10.8. The zero-order valence-corrected chi connectivity index (χ0v) is 10.8. The standard InChI is InChI=1S/C13H27NO2/c1-3-16-13-8-6-10-14(11-13)9-5-4-7-12(2)15/h12-13,15H,3-11H2,1-2H3. The predicted octanol–water partition coefficient (Wildman–Crippen LogP) is 2.04. The third kappa shape index (κ3) is 5.83. The lowest BCUT2D eigenvalue weighted by Gasteiger charge is -2.32. The van der Waals surface area contributed by atoms with Gasteiger partial charge in [0.25, 0.3) is 0 Å². The summed E-state index contributed by atoms with van der Waals surface area (Å²) in [6, 6.07) is 0. The van der Waals surface area contributed by atoms with Gasteiger partial charge in [-0.05, 0) is 59.0 Å². The van der Waals surface area contributed by atoms with Crippen LogP contribution in [0.4, 0.5) is 0 Å². The molecule has 1 aliphatic heterocycles. The van der Waals surface area contributed by atoms with Gasteiger partial charge in [-0.25, -0.2) is 0 Å². The molecule has 0 aliphatic carbocycles. The summed E-state index contributed by atoms with van der Waals surface area (Å²) >= 11 is 0. The van der Waals surface area contributed by atoms with E-state index in [0.29, 0.717) is 6.10 Å². The van der Waals surface area contributed by atoms with Gasteiger partial charge >= 0.3 is 0 Å². The van der Waals surface area contributed by atoms with Gasteiger partial charge < -0.3 is 14.7 Å². The number of nitrogens with zero attached hydrogens (tertiary/aromatic N) is 1. The molecule has 3 nitrogen and oxygen atoms in total. The summed E-state index contributed by atoms with van der Waals surface area (Å²) in [6.07, 6.45) is 6.06. The van der Waals surface area contributed by atoms with E-state index in [2.05, 4.69) is 11.8 Å². The number of ether oxygens (including phenoxy) is 1. The van der Waals surface area contributed by atoms with Crippen molar-refractivity contribution in [3.8, 4) is 0 Å². The summed E-state index contributed by atoms with van der Waals surface area (Å²) in [7, 11) is 0. The van der Waals surface area contributed by atoms with E-state index >= 15 is 0 Å². The molecule has 0 amide bonds. The normalized spacial score (nSPS) is 24.6. The fraction of sp³-hybridized carbons (Fsp3) is 1.00. The van der Waals surface area contributed by atoms with E-state index in [0.717, 1.165) is 32.5 Å². The first-order valence-electron chi connectivity index (χ1n) is 6.74. The van der Waals surface area contributed by atoms with Crippen LogP contribution in [0, 0.1) is 0 Å². The molecule has 0 bridgehead atoms. The van der Waals surface area contributed by atoms with Crippen LogP contribution < -0.4 is 0 Å². The first-order valence-corrected chi connectivity index (χ1v) is 6.74. The van der Waals surface area contributed by atoms with E-state index in [9.17, 15) is 0 Å². The fourth-order valence-electron chi connectivity index (χ4n) is 2.36. The largest absolute Gasteiger partial charge is 0.393 e. The van der Waals surface area contributed by atoms with Crippen molar-refractivity contribution in [1.82, 2.24) is 4.90 Å². The molecule has 2 atom stereocenters. The lowest BCUT2D eigenvalue weighted by atomic mass is 10.1. The van der Waals surface area contributed by atoms with Gasteiger partial charge in [0.15, 0.2) is 0 Å². The quantitative estimate of drug-likeness (QED) is 0.678. The number of hydrogen-bond acceptors (Lipinski definition) is 3. The molecule has 1 N–H and O–H groups in total. The van der Waals surface area contributed by atoms with Crippen molar-refractivity contribution in [3.05, 3.63) is 0 Å². The number of aliphatic hydroxyl groups is 1. The number of unbranched alkanes of at least 4 members (excludes halogenated alkanes) is 1. The Kier molecular flexibility index (Phi) is 7.01. The van der Waals surface area contributed by atoms with Gasteiger partial charge in [0, 0.05) is 13.2 Å². The van der Waals surface area contributed by atoms with Crippen molar-refractivity contribution in [3.63, 3.8) is 0 Å². The van der Waals surface area contributed by atoms with Crippen molar-refractivity contribution in [2.75, 3.05) is 26.2 Å². The van der Waals surface area contributed by atoms with Crippen molar-refractivity contribution >= 4 is 0 Å². The van der Waals surface area contributed by atoms with Gasteiger partial charge in [-0.15, -0.1) is 0 Å². The maximum Gasteiger partial charge on any atom is 0.0702 e. The highest BCUT2D eigenvalue weighted by Gasteiger charge is 2.19. The summed E-state index contributed by atoms with van der Waals surface area (Å²) in [5.41, 5.74) is 0. The van der Waals surface area contributed by atoms with Crippen LogP contribution in [-0.2, 0) is 4.74 Å². The number of piperidine rings is 1. The van der Waals surface area contributed by atoms with E-state index in [1.54, 1.807) is 0 Å². The molecule has 2 unspecified atom stereocenters. The van der Waals surface area contributed by atoms with Gasteiger partial charge in [0.1, 0.15) is 0 Å². The highest BCUT2D eigenvalue weighted by Crippen LogP contribution is 2.14. The average Bonchev–Trinajstić information content (AvgIpc) is 2.25. The van der Waals surface area contributed by atoms with E-state index < -0.39 is 0 Å². The van der Waals surface area contributed by atoms with Crippen LogP contribution in [0.1, 0.15) is 46.0 Å². The average molecular weight is 229 g/mol. The van der Waals surface area contributed by atoms with Gasteiger partial charge in [-0.3, -0.25) is 0 Å². The number of aliphatic hydroxyl groups excluding tert-OH is 1. The Balaban J connectivity index is 2.07. The summed E-state index contributed by atoms with van der Waals surface area (Å²) < 4.78 is 5.68. The molecule has 0 aromatic rings. The molecular formula is C13H27NO2. The van der Waals surface area contributed by atoms with Crippen molar-refractivity contribution < 1.29 is 9.84 Å². The highest BCUT2D eigenvalue weighted by atomic mass is 16.5. The molecule has 0 aromatic carbocycles. The van der Waals surface area contributed by atoms with Crippen molar-refractivity contribution in [2.24, 2.45) is 0 Å². The lowest BCUT2D eigenvalue weighted by molar-refractivity contribution is 0.00539. The van der Waals surface area contributed by atoms with Gasteiger partial charge in [0.2, 0.25) is 0 Å². The minimum atomic E-state index is -0.141. The van der Waals surface area contributed by atoms with Crippen LogP contribution in [0.5, 0.6) is 0 Å². The second-order valence-corrected chi connectivity index (χ2v) is 4.86. The summed E-state index contributed by atoms with van der Waals surface area (Å²) in [6.45, 7) is 8.26. The van der Waals surface area contributed by atoms with E-state index in [4.69, 9.17) is 9.84 Å². The van der Waals surface area contributed by atoms with Crippen molar-refractivity contribution in [2.45, 2.75) is 58.2 Å². The van der Waals surface area contributed by atoms with E-state index in [1.165, 1.54) is 25.8 Å². The Morgan fingerprint density at radius 3 is 2.94 bits per heavy atom. The first-order chi connectivity index (χ1) is 7.72. The topological polar surface area (TPSA) is 32.7 Å². The number of rotatable bonds is 7. The molecule has 0 saturated carbocycles. The van der Waals surface area contributed by atoms with Crippen LogP contribution in [-0.4, -0.2) is 48.5 Å². The SMILES string of the molecule is CCOC1CCCN(CCCCC(C)O)C1. The second kappa shape index (κ2) is 8.04. The lowest BCUT2D eigenvalue weighted by Crippen LogP contribution is -2.40. The van der Waals surface area contributed by atoms with Gasteiger partial charge in [-0.1, -0.05) is 0 Å². The van der Waals surface area contributed by atoms with E-state index in [-0.39, 0.29) is 6.10 Å². The van der Waals surface area contributed by atoms with Crippen LogP contribution in [0.2, 0.25) is 0 Å². The Labute approximate surface area is 99.8 Å². The first kappa shape index (κ1) is 13.9. The highest BCUT2D eigenvalue weighted by molar-refractivity contribution is 4.73. The fourth-order valence-corrected chi connectivity index (χ4v) is 2.36. The Morgan fingerprint density at radius 1 is 1.44 bits per heavy atom. The zero-order chi connectivity index (χ0) is 11.8. The van der Waals surface area contributed by atoms with Gasteiger partial charge in [-0.2, -0.15) is 0 Å². The third-order valence-electron chi connectivity index (χ3n) is 3.21. The van der Waals surface area contributed by atoms with Gasteiger partial charge in [0.05, 0.1) is 12.2 Å². The smallest absolute Gasteiger partial charge is 0.0702 e. The van der Waals surface area contributed by atoms with E-state index in [1.807, 2.05) is 6.92 Å². The Hall–Kier alpha value is -0.120. The minimum Gasteiger partial charge on any atom is -0.393 e. The van der Waals surface area contributed by atoms with Crippen LogP contribution in [0.25, 0.3) is 0 Å². The van der Waals surface area contributed by atoms with Crippen LogP contribution in [0.15, 0.2) is 0 Å². The molecule has 1 heterocycles. The molecule has 96 valence electrons. The molecule has 0 aromatic heterocycles. The third-order valence-corrected chi connectivity index (χ3v) is 3.21. The number of hydrogen-bond donors (Lipinski definition) is 1. The molecule has 3 heteroatoms. The maximum absolute atomic E-state index is 9.17. The minimum absolute atomic E-state index is 0.141. The summed E-state index contributed by atoms with van der Waals surface area (Å²) in [5.74, 6) is 0. The molecule has 1 fully saturated rings. The molecule has 1 saturated heterocycles. The summed E-state index contributed by atoms with van der Waals surface area (Å²) in [4.78, 5) is 2.51. The molecule has 0 spiro atoms. The Bertz CT molecular complexity index is 171. The van der Waals surface area contributed by atoms with Crippen LogP contribution >= 0.6 is 0 Å². The molecule has 16 heavy (non-hydrogen) atoms.